The maximum absolute atomic E-state index is 12.0. The third-order valence-electron chi connectivity index (χ3n) is 2.76. The molecule has 0 aliphatic rings. The smallest absolute Gasteiger partial charge is 0.347 e. The van der Waals surface area contributed by atoms with Crippen molar-refractivity contribution in [2.24, 2.45) is 5.73 Å². The Bertz CT molecular complexity index is 549. The topological polar surface area (TPSA) is 85.7 Å². The summed E-state index contributed by atoms with van der Waals surface area (Å²) in [4.78, 5) is 12.0. The Morgan fingerprint density at radius 2 is 1.72 bits per heavy atom. The number of para-hydroxylation sites is 2. The monoisotopic (exact) mass is 242 g/mol. The average Bonchev–Trinajstić information content (AvgIpc) is 2.41. The first-order valence-electron chi connectivity index (χ1n) is 5.73. The van der Waals surface area contributed by atoms with Gasteiger partial charge in [0.1, 0.15) is 0 Å². The van der Waals surface area contributed by atoms with Crippen LogP contribution in [-0.4, -0.2) is 5.91 Å². The van der Waals surface area contributed by atoms with E-state index in [1.807, 2.05) is 30.3 Å². The van der Waals surface area contributed by atoms with Crippen LogP contribution in [0.25, 0.3) is 0 Å². The van der Waals surface area contributed by atoms with Gasteiger partial charge < -0.3 is 11.5 Å². The van der Waals surface area contributed by atoms with Crippen LogP contribution in [-0.2, 0) is 6.54 Å². The fraction of sp³-hybridized carbons (Fsp3) is 0.0714. The molecular weight excluding hydrogens is 226 g/mol. The Hall–Kier alpha value is -2.17. The largest absolute Gasteiger partial charge is 0.394 e. The minimum Gasteiger partial charge on any atom is -0.394 e. The Balaban J connectivity index is 2.14. The van der Waals surface area contributed by atoms with Crippen molar-refractivity contribution in [2.45, 2.75) is 6.54 Å². The molecule has 0 aliphatic heterocycles. The first kappa shape index (κ1) is 12.3. The molecule has 0 unspecified atom stereocenters. The van der Waals surface area contributed by atoms with E-state index in [9.17, 15) is 4.79 Å². The van der Waals surface area contributed by atoms with E-state index in [0.29, 0.717) is 17.8 Å². The van der Waals surface area contributed by atoms with Gasteiger partial charge in [-0.1, -0.05) is 24.3 Å². The first-order chi connectivity index (χ1) is 8.70. The van der Waals surface area contributed by atoms with E-state index in [0.717, 1.165) is 11.3 Å². The third-order valence-corrected chi connectivity index (χ3v) is 2.76. The summed E-state index contributed by atoms with van der Waals surface area (Å²) >= 11 is 0. The highest BCUT2D eigenvalue weighted by atomic mass is 16.1. The summed E-state index contributed by atoms with van der Waals surface area (Å²) in [6, 6.07) is 14.6. The quantitative estimate of drug-likeness (QED) is 0.695. The normalized spacial score (nSPS) is 10.3. The maximum atomic E-state index is 12.0. The summed E-state index contributed by atoms with van der Waals surface area (Å²) in [5, 5.41) is 1.55. The van der Waals surface area contributed by atoms with E-state index in [1.165, 1.54) is 0 Å². The van der Waals surface area contributed by atoms with Crippen LogP contribution in [0.3, 0.4) is 0 Å². The molecule has 92 valence electrons. The van der Waals surface area contributed by atoms with Crippen molar-refractivity contribution >= 4 is 17.3 Å². The van der Waals surface area contributed by atoms with Crippen molar-refractivity contribution in [1.29, 1.82) is 0 Å². The molecular formula is C14H16N3O+. The van der Waals surface area contributed by atoms with Gasteiger partial charge >= 0.3 is 5.91 Å². The van der Waals surface area contributed by atoms with E-state index >= 15 is 0 Å². The van der Waals surface area contributed by atoms with Crippen molar-refractivity contribution in [3.8, 4) is 0 Å². The predicted octanol–water partition coefficient (Wildman–Crippen LogP) is 0.763. The molecule has 4 nitrogen and oxygen atoms in total. The minimum absolute atomic E-state index is 0.0588. The zero-order valence-electron chi connectivity index (χ0n) is 9.97. The van der Waals surface area contributed by atoms with E-state index in [1.54, 1.807) is 23.5 Å². The molecule has 0 saturated carbocycles. The Labute approximate surface area is 106 Å². The number of carbonyl (C=O) groups excluding carboxylic acids is 1. The highest BCUT2D eigenvalue weighted by Crippen LogP contribution is 2.11. The standard InChI is InChI=1S/C14H15N3O/c15-9-10-5-7-11(8-6-10)14(18)17-13-4-2-1-3-12(13)16/h1-8H,9,15-16H2,(H,17,18)/p+1. The lowest BCUT2D eigenvalue weighted by Crippen LogP contribution is -2.82. The lowest BCUT2D eigenvalue weighted by atomic mass is 10.1. The van der Waals surface area contributed by atoms with Crippen LogP contribution in [0.2, 0.25) is 0 Å². The lowest BCUT2D eigenvalue weighted by molar-refractivity contribution is -0.463. The van der Waals surface area contributed by atoms with Gasteiger partial charge in [-0.15, -0.1) is 0 Å². The molecule has 0 bridgehead atoms. The molecule has 2 rings (SSSR count). The van der Waals surface area contributed by atoms with Crippen molar-refractivity contribution in [2.75, 3.05) is 5.73 Å². The first-order valence-corrected chi connectivity index (χ1v) is 5.73. The van der Waals surface area contributed by atoms with Crippen molar-refractivity contribution < 1.29 is 10.1 Å². The van der Waals surface area contributed by atoms with E-state index in [4.69, 9.17) is 11.5 Å². The molecule has 0 fully saturated rings. The van der Waals surface area contributed by atoms with Crippen molar-refractivity contribution in [3.63, 3.8) is 0 Å². The minimum atomic E-state index is -0.0588. The molecule has 0 heterocycles. The Kier molecular flexibility index (Phi) is 3.72. The Morgan fingerprint density at radius 1 is 1.06 bits per heavy atom. The van der Waals surface area contributed by atoms with Gasteiger partial charge in [0.15, 0.2) is 5.69 Å². The SMILES string of the molecule is NCc1ccc(C(=O)[NH2+]c2ccccc2N)cc1. The second-order valence-corrected chi connectivity index (χ2v) is 4.04. The van der Waals surface area contributed by atoms with Gasteiger partial charge in [0, 0.05) is 12.6 Å². The zero-order valence-corrected chi connectivity index (χ0v) is 9.97. The van der Waals surface area contributed by atoms with Gasteiger partial charge in [-0.25, -0.2) is 10.1 Å². The molecule has 0 radical (unpaired) electrons. The van der Waals surface area contributed by atoms with Crippen molar-refractivity contribution in [1.82, 2.24) is 0 Å². The van der Waals surface area contributed by atoms with Crippen molar-refractivity contribution in [3.05, 3.63) is 59.7 Å². The maximum Gasteiger partial charge on any atom is 0.347 e. The molecule has 2 aromatic carbocycles. The molecule has 0 saturated heterocycles. The highest BCUT2D eigenvalue weighted by molar-refractivity contribution is 5.88. The highest BCUT2D eigenvalue weighted by Gasteiger charge is 2.12. The third kappa shape index (κ3) is 2.74. The number of anilines is 1. The van der Waals surface area contributed by atoms with Crippen LogP contribution in [0, 0.1) is 0 Å². The van der Waals surface area contributed by atoms with E-state index < -0.39 is 0 Å². The summed E-state index contributed by atoms with van der Waals surface area (Å²) in [5.74, 6) is -0.0588. The number of hydrogen-bond donors (Lipinski definition) is 3. The van der Waals surface area contributed by atoms with Gasteiger partial charge in [-0.2, -0.15) is 0 Å². The summed E-state index contributed by atoms with van der Waals surface area (Å²) in [6.45, 7) is 0.476. The number of amides is 1. The fourth-order valence-corrected chi connectivity index (χ4v) is 1.67. The lowest BCUT2D eigenvalue weighted by Gasteiger charge is -2.03. The molecule has 0 aromatic heterocycles. The summed E-state index contributed by atoms with van der Waals surface area (Å²) in [5.41, 5.74) is 14.3. The average molecular weight is 242 g/mol. The van der Waals surface area contributed by atoms with Crippen LogP contribution < -0.4 is 16.8 Å². The van der Waals surface area contributed by atoms with Crippen LogP contribution in [0.1, 0.15) is 15.9 Å². The molecule has 6 N–H and O–H groups in total. The number of hydrogen-bond acceptors (Lipinski definition) is 3. The number of nitrogen functional groups attached to an aromatic ring is 1. The number of carbonyl (C=O) groups is 1. The second-order valence-electron chi connectivity index (χ2n) is 4.04. The molecule has 4 heteroatoms. The van der Waals surface area contributed by atoms with Crippen LogP contribution in [0.4, 0.5) is 11.4 Å². The molecule has 1 amide bonds. The van der Waals surface area contributed by atoms with E-state index in [-0.39, 0.29) is 5.91 Å². The molecule has 18 heavy (non-hydrogen) atoms. The zero-order chi connectivity index (χ0) is 13.0. The summed E-state index contributed by atoms with van der Waals surface area (Å²) < 4.78 is 0. The summed E-state index contributed by atoms with van der Waals surface area (Å²) in [6.07, 6.45) is 0. The molecule has 0 atom stereocenters. The van der Waals surface area contributed by atoms with Crippen LogP contribution in [0.15, 0.2) is 48.5 Å². The summed E-state index contributed by atoms with van der Waals surface area (Å²) in [7, 11) is 0. The van der Waals surface area contributed by atoms with Gasteiger partial charge in [0.25, 0.3) is 0 Å². The molecule has 0 spiro atoms. The molecule has 0 aliphatic carbocycles. The molecule has 2 aromatic rings. The number of nitrogens with two attached hydrogens (primary N) is 3. The second kappa shape index (κ2) is 5.44. The van der Waals surface area contributed by atoms with Gasteiger partial charge in [0.05, 0.1) is 11.3 Å². The number of rotatable bonds is 3. The van der Waals surface area contributed by atoms with E-state index in [2.05, 4.69) is 0 Å². The van der Waals surface area contributed by atoms with Crippen LogP contribution >= 0.6 is 0 Å². The van der Waals surface area contributed by atoms with Gasteiger partial charge in [0.2, 0.25) is 0 Å². The Morgan fingerprint density at radius 3 is 2.33 bits per heavy atom. The number of primary amides is 1. The predicted molar refractivity (Wildman–Crippen MR) is 71.1 cm³/mol. The van der Waals surface area contributed by atoms with Gasteiger partial charge in [-0.3, -0.25) is 0 Å². The fourth-order valence-electron chi connectivity index (χ4n) is 1.67. The van der Waals surface area contributed by atoms with Crippen LogP contribution in [0.5, 0.6) is 0 Å². The number of benzene rings is 2. The van der Waals surface area contributed by atoms with Gasteiger partial charge in [-0.05, 0) is 23.8 Å². The number of quaternary nitrogens is 1.